The summed E-state index contributed by atoms with van der Waals surface area (Å²) in [6.07, 6.45) is 3.17. The highest BCUT2D eigenvalue weighted by molar-refractivity contribution is 7.89. The van der Waals surface area contributed by atoms with Crippen molar-refractivity contribution in [2.45, 2.75) is 43.9 Å². The first-order chi connectivity index (χ1) is 15.8. The zero-order valence-corrected chi connectivity index (χ0v) is 19.1. The predicted molar refractivity (Wildman–Crippen MR) is 120 cm³/mol. The Labute approximate surface area is 191 Å². The molecular formula is C23H25FN4O4S. The molecule has 0 bridgehead atoms. The summed E-state index contributed by atoms with van der Waals surface area (Å²) in [5.41, 5.74) is 1.80. The number of rotatable bonds is 7. The number of sulfonamides is 1. The average Bonchev–Trinajstić information content (AvgIpc) is 3.29. The molecule has 8 nitrogen and oxygen atoms in total. The zero-order valence-electron chi connectivity index (χ0n) is 18.3. The highest BCUT2D eigenvalue weighted by atomic mass is 32.2. The topological polar surface area (TPSA) is 105 Å². The molecule has 0 atom stereocenters. The fraction of sp³-hybridized carbons (Fsp3) is 0.348. The van der Waals surface area contributed by atoms with Gasteiger partial charge in [0, 0.05) is 37.2 Å². The van der Waals surface area contributed by atoms with Gasteiger partial charge in [-0.15, -0.1) is 0 Å². The van der Waals surface area contributed by atoms with E-state index in [4.69, 9.17) is 4.52 Å². The Morgan fingerprint density at radius 1 is 1.12 bits per heavy atom. The van der Waals surface area contributed by atoms with E-state index in [1.165, 1.54) is 22.5 Å². The number of hydrogen-bond acceptors (Lipinski definition) is 6. The third-order valence-electron chi connectivity index (χ3n) is 5.56. The molecule has 1 N–H and O–H groups in total. The number of aromatic nitrogens is 2. The van der Waals surface area contributed by atoms with Crippen LogP contribution in [-0.2, 0) is 21.2 Å². The van der Waals surface area contributed by atoms with Gasteiger partial charge in [0.05, 0.1) is 4.90 Å². The van der Waals surface area contributed by atoms with Crippen molar-refractivity contribution in [2.24, 2.45) is 0 Å². The molecule has 3 aromatic rings. The van der Waals surface area contributed by atoms with E-state index < -0.39 is 10.0 Å². The van der Waals surface area contributed by atoms with E-state index in [0.717, 1.165) is 19.3 Å². The van der Waals surface area contributed by atoms with Gasteiger partial charge >= 0.3 is 0 Å². The molecule has 1 saturated heterocycles. The Kier molecular flexibility index (Phi) is 6.85. The van der Waals surface area contributed by atoms with Gasteiger partial charge in [-0.1, -0.05) is 11.6 Å². The maximum atomic E-state index is 13.2. The zero-order chi connectivity index (χ0) is 23.4. The molecule has 1 fully saturated rings. The van der Waals surface area contributed by atoms with Crippen molar-refractivity contribution in [3.05, 3.63) is 59.7 Å². The van der Waals surface area contributed by atoms with Crippen molar-refractivity contribution in [1.82, 2.24) is 14.4 Å². The first kappa shape index (κ1) is 23.1. The lowest BCUT2D eigenvalue weighted by molar-refractivity contribution is -0.116. The van der Waals surface area contributed by atoms with Gasteiger partial charge in [0.15, 0.2) is 0 Å². The van der Waals surface area contributed by atoms with Gasteiger partial charge in [0.2, 0.25) is 27.6 Å². The minimum absolute atomic E-state index is 0.117. The maximum Gasteiger partial charge on any atom is 0.243 e. The molecule has 174 valence electrons. The van der Waals surface area contributed by atoms with Gasteiger partial charge in [-0.05, 0) is 67.8 Å². The Bertz CT molecular complexity index is 1240. The molecular weight excluding hydrogens is 447 g/mol. The highest BCUT2D eigenvalue weighted by Gasteiger charge is 2.26. The van der Waals surface area contributed by atoms with Crippen LogP contribution in [0.15, 0.2) is 51.9 Å². The van der Waals surface area contributed by atoms with Crippen LogP contribution in [0.3, 0.4) is 0 Å². The van der Waals surface area contributed by atoms with Crippen LogP contribution in [0.2, 0.25) is 0 Å². The van der Waals surface area contributed by atoms with E-state index >= 15 is 0 Å². The van der Waals surface area contributed by atoms with Crippen LogP contribution in [-0.4, -0.2) is 41.9 Å². The van der Waals surface area contributed by atoms with Crippen LogP contribution < -0.4 is 5.32 Å². The number of carbonyl (C=O) groups excluding carboxylic acids is 1. The summed E-state index contributed by atoms with van der Waals surface area (Å²) in [6.45, 7) is 2.81. The van der Waals surface area contributed by atoms with Gasteiger partial charge in [-0.25, -0.2) is 12.8 Å². The second kappa shape index (κ2) is 9.80. The molecule has 1 aliphatic rings. The summed E-state index contributed by atoms with van der Waals surface area (Å²) in [6, 6.07) is 10.5. The Hall–Kier alpha value is -3.11. The summed E-state index contributed by atoms with van der Waals surface area (Å²) in [4.78, 5) is 16.7. The highest BCUT2D eigenvalue weighted by Crippen LogP contribution is 2.24. The van der Waals surface area contributed by atoms with Crippen LogP contribution in [0, 0.1) is 12.7 Å². The smallest absolute Gasteiger partial charge is 0.243 e. The monoisotopic (exact) mass is 472 g/mol. The molecule has 0 unspecified atom stereocenters. The van der Waals surface area contributed by atoms with Crippen molar-refractivity contribution >= 4 is 21.6 Å². The summed E-state index contributed by atoms with van der Waals surface area (Å²) in [5.74, 6) is 0.000413. The normalized spacial score (nSPS) is 14.8. The first-order valence-corrected chi connectivity index (χ1v) is 12.3. The lowest BCUT2D eigenvalue weighted by Gasteiger charge is -2.25. The lowest BCUT2D eigenvalue weighted by Crippen LogP contribution is -2.35. The number of nitrogens with one attached hydrogen (secondary N) is 1. The molecule has 4 rings (SSSR count). The van der Waals surface area contributed by atoms with Crippen LogP contribution in [0.25, 0.3) is 11.4 Å². The second-order valence-electron chi connectivity index (χ2n) is 8.01. The summed E-state index contributed by atoms with van der Waals surface area (Å²) >= 11 is 0. The van der Waals surface area contributed by atoms with E-state index in [1.807, 2.05) is 0 Å². The molecule has 0 spiro atoms. The summed E-state index contributed by atoms with van der Waals surface area (Å²) < 4.78 is 45.5. The molecule has 1 amide bonds. The van der Waals surface area contributed by atoms with E-state index in [-0.39, 0.29) is 29.5 Å². The number of carbonyl (C=O) groups is 1. The largest absolute Gasteiger partial charge is 0.339 e. The number of amides is 1. The number of benzene rings is 2. The molecule has 1 aliphatic heterocycles. The molecule has 2 aromatic carbocycles. The minimum atomic E-state index is -3.50. The number of anilines is 1. The molecule has 0 saturated carbocycles. The van der Waals surface area contributed by atoms with Crippen LogP contribution in [0.4, 0.5) is 10.1 Å². The third kappa shape index (κ3) is 5.45. The van der Waals surface area contributed by atoms with Crippen molar-refractivity contribution in [1.29, 1.82) is 0 Å². The summed E-state index contributed by atoms with van der Waals surface area (Å²) in [5, 5.41) is 6.67. The summed E-state index contributed by atoms with van der Waals surface area (Å²) in [7, 11) is -3.50. The SMILES string of the molecule is Cc1cc(F)ccc1NC(=O)CCc1nc(-c2ccc(S(=O)(=O)N3CCCCC3)cc2)no1. The predicted octanol–water partition coefficient (Wildman–Crippen LogP) is 3.93. The van der Waals surface area contributed by atoms with Crippen molar-refractivity contribution in [3.8, 4) is 11.4 Å². The fourth-order valence-electron chi connectivity index (χ4n) is 3.70. The van der Waals surface area contributed by atoms with Gasteiger partial charge in [-0.3, -0.25) is 4.79 Å². The molecule has 2 heterocycles. The van der Waals surface area contributed by atoms with Crippen LogP contribution >= 0.6 is 0 Å². The number of hydrogen-bond donors (Lipinski definition) is 1. The van der Waals surface area contributed by atoms with Crippen molar-refractivity contribution in [3.63, 3.8) is 0 Å². The maximum absolute atomic E-state index is 13.2. The molecule has 10 heteroatoms. The van der Waals surface area contributed by atoms with Crippen LogP contribution in [0.5, 0.6) is 0 Å². The lowest BCUT2D eigenvalue weighted by atomic mass is 10.2. The van der Waals surface area contributed by atoms with Gasteiger partial charge in [0.1, 0.15) is 5.82 Å². The number of nitrogens with zero attached hydrogens (tertiary/aromatic N) is 3. The van der Waals surface area contributed by atoms with Crippen molar-refractivity contribution < 1.29 is 22.1 Å². The standard InChI is InChI=1S/C23H25FN4O4S/c1-16-15-18(24)7-10-20(16)25-21(29)11-12-22-26-23(27-32-22)17-5-8-19(9-6-17)33(30,31)28-13-3-2-4-14-28/h5-10,15H,2-4,11-14H2,1H3,(H,25,29). The van der Waals surface area contributed by atoms with Gasteiger partial charge < -0.3 is 9.84 Å². The molecule has 1 aromatic heterocycles. The first-order valence-electron chi connectivity index (χ1n) is 10.8. The Balaban J connectivity index is 1.36. The Morgan fingerprint density at radius 2 is 1.85 bits per heavy atom. The fourth-order valence-corrected chi connectivity index (χ4v) is 5.22. The quantitative estimate of drug-likeness (QED) is 0.559. The second-order valence-corrected chi connectivity index (χ2v) is 9.95. The van der Waals surface area contributed by atoms with Crippen molar-refractivity contribution in [2.75, 3.05) is 18.4 Å². The van der Waals surface area contributed by atoms with Gasteiger partial charge in [-0.2, -0.15) is 9.29 Å². The average molecular weight is 473 g/mol. The number of piperidine rings is 1. The van der Waals surface area contributed by atoms with E-state index in [9.17, 15) is 17.6 Å². The van der Waals surface area contributed by atoms with E-state index in [0.29, 0.717) is 41.6 Å². The van der Waals surface area contributed by atoms with Crippen LogP contribution in [0.1, 0.15) is 37.1 Å². The van der Waals surface area contributed by atoms with E-state index in [1.54, 1.807) is 31.2 Å². The number of halogens is 1. The minimum Gasteiger partial charge on any atom is -0.339 e. The van der Waals surface area contributed by atoms with Gasteiger partial charge in [0.25, 0.3) is 0 Å². The molecule has 0 radical (unpaired) electrons. The van der Waals surface area contributed by atoms with E-state index in [2.05, 4.69) is 15.5 Å². The third-order valence-corrected chi connectivity index (χ3v) is 7.47. The Morgan fingerprint density at radius 3 is 2.55 bits per heavy atom. The number of aryl methyl sites for hydroxylation is 2. The molecule has 33 heavy (non-hydrogen) atoms. The molecule has 0 aliphatic carbocycles.